The van der Waals surface area contributed by atoms with Crippen molar-refractivity contribution in [2.75, 3.05) is 6.26 Å². The summed E-state index contributed by atoms with van der Waals surface area (Å²) in [7, 11) is 0. The Kier molecular flexibility index (Phi) is 4.31. The molecule has 0 atom stereocenters. The molecule has 0 fully saturated rings. The van der Waals surface area contributed by atoms with E-state index in [2.05, 4.69) is 22.3 Å². The van der Waals surface area contributed by atoms with Crippen molar-refractivity contribution >= 4 is 24.0 Å². The minimum absolute atomic E-state index is 0.260. The van der Waals surface area contributed by atoms with E-state index in [1.54, 1.807) is 23.9 Å². The molecule has 0 aliphatic heterocycles. The van der Waals surface area contributed by atoms with Gasteiger partial charge in [0.25, 0.3) is 0 Å². The van der Waals surface area contributed by atoms with Gasteiger partial charge < -0.3 is 5.11 Å². The molecule has 0 aliphatic rings. The van der Waals surface area contributed by atoms with E-state index < -0.39 is 0 Å². The molecule has 0 unspecified atom stereocenters. The van der Waals surface area contributed by atoms with Gasteiger partial charge in [-0.15, -0.1) is 11.8 Å². The highest BCUT2D eigenvalue weighted by atomic mass is 32.2. The zero-order chi connectivity index (χ0) is 15.5. The summed E-state index contributed by atoms with van der Waals surface area (Å²) >= 11 is 7.06. The molecular weight excluding hydrogens is 314 g/mol. The first kappa shape index (κ1) is 14.9. The molecule has 22 heavy (non-hydrogen) atoms. The first-order chi connectivity index (χ1) is 10.7. The maximum Gasteiger partial charge on any atom is 0.199 e. The van der Waals surface area contributed by atoms with Crippen LogP contribution in [0, 0.1) is 4.77 Å². The van der Waals surface area contributed by atoms with Crippen LogP contribution < -0.4 is 0 Å². The largest absolute Gasteiger partial charge is 0.508 e. The first-order valence-electron chi connectivity index (χ1n) is 6.76. The molecule has 6 heteroatoms. The third kappa shape index (κ3) is 3.08. The molecule has 0 bridgehead atoms. The number of aromatic nitrogens is 3. The average Bonchev–Trinajstić information content (AvgIpc) is 2.90. The topological polar surface area (TPSA) is 53.8 Å². The second-order valence-electron chi connectivity index (χ2n) is 4.83. The zero-order valence-electron chi connectivity index (χ0n) is 12.0. The number of nitrogens with one attached hydrogen (secondary N) is 1. The van der Waals surface area contributed by atoms with E-state index in [9.17, 15) is 5.11 Å². The van der Waals surface area contributed by atoms with Crippen LogP contribution in [0.4, 0.5) is 0 Å². The Bertz CT molecular complexity index is 837. The quantitative estimate of drug-likeness (QED) is 0.562. The van der Waals surface area contributed by atoms with Crippen molar-refractivity contribution < 1.29 is 5.11 Å². The van der Waals surface area contributed by atoms with Crippen LogP contribution in [0.3, 0.4) is 0 Å². The molecule has 0 saturated carbocycles. The minimum atomic E-state index is 0.260. The van der Waals surface area contributed by atoms with E-state index in [1.807, 2.05) is 35.1 Å². The molecule has 0 amide bonds. The second-order valence-corrected chi connectivity index (χ2v) is 6.09. The standard InChI is InChI=1S/C16H15N3OS2/c1-22-14-4-2-3-12(10-14)19-15(17-18-16(19)21)9-11-5-7-13(20)8-6-11/h2-8,10,20H,9H2,1H3,(H,18,21). The molecule has 0 saturated heterocycles. The Morgan fingerprint density at radius 3 is 2.73 bits per heavy atom. The van der Waals surface area contributed by atoms with Gasteiger partial charge in [0.2, 0.25) is 0 Å². The predicted molar refractivity (Wildman–Crippen MR) is 91.4 cm³/mol. The molecule has 0 aliphatic carbocycles. The monoisotopic (exact) mass is 329 g/mol. The number of hydrogen-bond acceptors (Lipinski definition) is 4. The maximum absolute atomic E-state index is 9.37. The molecule has 1 aromatic heterocycles. The van der Waals surface area contributed by atoms with Crippen molar-refractivity contribution in [2.24, 2.45) is 0 Å². The van der Waals surface area contributed by atoms with Gasteiger partial charge in [-0.3, -0.25) is 9.67 Å². The smallest absolute Gasteiger partial charge is 0.199 e. The number of hydrogen-bond donors (Lipinski definition) is 2. The van der Waals surface area contributed by atoms with Gasteiger partial charge in [0.05, 0.1) is 5.69 Å². The van der Waals surface area contributed by atoms with Crippen LogP contribution in [0.15, 0.2) is 53.4 Å². The first-order valence-corrected chi connectivity index (χ1v) is 8.39. The molecule has 3 rings (SSSR count). The van der Waals surface area contributed by atoms with Crippen LogP contribution in [0.1, 0.15) is 11.4 Å². The highest BCUT2D eigenvalue weighted by molar-refractivity contribution is 7.98. The predicted octanol–water partition coefficient (Wildman–Crippen LogP) is 3.95. The lowest BCUT2D eigenvalue weighted by atomic mass is 10.1. The molecular formula is C16H15N3OS2. The number of aromatic hydroxyl groups is 1. The second kappa shape index (κ2) is 6.37. The van der Waals surface area contributed by atoms with Crippen molar-refractivity contribution in [1.29, 1.82) is 0 Å². The molecule has 0 radical (unpaired) electrons. The Labute approximate surface area is 137 Å². The van der Waals surface area contributed by atoms with Crippen LogP contribution in [-0.2, 0) is 6.42 Å². The average molecular weight is 329 g/mol. The van der Waals surface area contributed by atoms with Crippen molar-refractivity contribution in [3.63, 3.8) is 0 Å². The van der Waals surface area contributed by atoms with Gasteiger partial charge >= 0.3 is 0 Å². The number of aromatic amines is 1. The lowest BCUT2D eigenvalue weighted by Gasteiger charge is -2.08. The Morgan fingerprint density at radius 2 is 2.00 bits per heavy atom. The molecule has 1 heterocycles. The van der Waals surface area contributed by atoms with Gasteiger partial charge in [0.1, 0.15) is 11.6 Å². The molecule has 3 aromatic rings. The minimum Gasteiger partial charge on any atom is -0.508 e. The highest BCUT2D eigenvalue weighted by Gasteiger charge is 2.09. The van der Waals surface area contributed by atoms with Gasteiger partial charge in [0.15, 0.2) is 4.77 Å². The lowest BCUT2D eigenvalue weighted by molar-refractivity contribution is 0.475. The fraction of sp³-hybridized carbons (Fsp3) is 0.125. The molecule has 4 nitrogen and oxygen atoms in total. The molecule has 2 N–H and O–H groups in total. The maximum atomic E-state index is 9.37. The van der Waals surface area contributed by atoms with Crippen LogP contribution in [0.25, 0.3) is 5.69 Å². The Morgan fingerprint density at radius 1 is 1.23 bits per heavy atom. The fourth-order valence-electron chi connectivity index (χ4n) is 2.26. The fourth-order valence-corrected chi connectivity index (χ4v) is 2.97. The van der Waals surface area contributed by atoms with E-state index in [0.29, 0.717) is 11.2 Å². The number of rotatable bonds is 4. The normalized spacial score (nSPS) is 10.8. The van der Waals surface area contributed by atoms with Gasteiger partial charge in [-0.05, 0) is 54.4 Å². The van der Waals surface area contributed by atoms with Crippen molar-refractivity contribution in [3.8, 4) is 11.4 Å². The molecule has 112 valence electrons. The summed E-state index contributed by atoms with van der Waals surface area (Å²) in [5.41, 5.74) is 2.06. The summed E-state index contributed by atoms with van der Waals surface area (Å²) in [6.07, 6.45) is 2.68. The van der Waals surface area contributed by atoms with Gasteiger partial charge in [-0.1, -0.05) is 18.2 Å². The number of H-pyrrole nitrogens is 1. The van der Waals surface area contributed by atoms with Crippen LogP contribution in [-0.4, -0.2) is 26.1 Å². The Hall–Kier alpha value is -2.05. The number of phenols is 1. The number of thioether (sulfide) groups is 1. The summed E-state index contributed by atoms with van der Waals surface area (Å²) in [5, 5.41) is 16.6. The lowest BCUT2D eigenvalue weighted by Crippen LogP contribution is -2.02. The van der Waals surface area contributed by atoms with E-state index in [-0.39, 0.29) is 5.75 Å². The SMILES string of the molecule is CSc1cccc(-n2c(Cc3ccc(O)cc3)n[nH]c2=S)c1. The number of nitrogens with zero attached hydrogens (tertiary/aromatic N) is 2. The van der Waals surface area contributed by atoms with Gasteiger partial charge in [0, 0.05) is 11.3 Å². The van der Waals surface area contributed by atoms with Gasteiger partial charge in [-0.25, -0.2) is 0 Å². The van der Waals surface area contributed by atoms with Crippen molar-refractivity contribution in [1.82, 2.24) is 14.8 Å². The Balaban J connectivity index is 2.00. The third-order valence-electron chi connectivity index (χ3n) is 3.35. The summed E-state index contributed by atoms with van der Waals surface area (Å²) in [6, 6.07) is 15.3. The third-order valence-corrected chi connectivity index (χ3v) is 4.35. The van der Waals surface area contributed by atoms with Crippen LogP contribution in [0.5, 0.6) is 5.75 Å². The van der Waals surface area contributed by atoms with Crippen LogP contribution in [0.2, 0.25) is 0 Å². The molecule has 0 spiro atoms. The summed E-state index contributed by atoms with van der Waals surface area (Å²) in [6.45, 7) is 0. The van der Waals surface area contributed by atoms with E-state index in [4.69, 9.17) is 12.2 Å². The van der Waals surface area contributed by atoms with E-state index >= 15 is 0 Å². The number of phenolic OH excluding ortho intramolecular Hbond substituents is 1. The summed E-state index contributed by atoms with van der Waals surface area (Å²) in [5.74, 6) is 1.10. The van der Waals surface area contributed by atoms with Crippen molar-refractivity contribution in [2.45, 2.75) is 11.3 Å². The highest BCUT2D eigenvalue weighted by Crippen LogP contribution is 2.21. The van der Waals surface area contributed by atoms with Gasteiger partial charge in [-0.2, -0.15) is 5.10 Å². The zero-order valence-corrected chi connectivity index (χ0v) is 13.6. The van der Waals surface area contributed by atoms with Crippen LogP contribution >= 0.6 is 24.0 Å². The van der Waals surface area contributed by atoms with E-state index in [1.165, 1.54) is 4.90 Å². The summed E-state index contributed by atoms with van der Waals surface area (Å²) in [4.78, 5) is 1.18. The van der Waals surface area contributed by atoms with Crippen molar-refractivity contribution in [3.05, 3.63) is 64.7 Å². The van der Waals surface area contributed by atoms with E-state index in [0.717, 1.165) is 17.1 Å². The molecule has 2 aromatic carbocycles. The number of benzene rings is 2. The summed E-state index contributed by atoms with van der Waals surface area (Å²) < 4.78 is 2.52.